The van der Waals surface area contributed by atoms with E-state index in [2.05, 4.69) is 168 Å². The highest BCUT2D eigenvalue weighted by atomic mass is 16.3. The van der Waals surface area contributed by atoms with Crippen LogP contribution < -0.4 is 15.9 Å². The van der Waals surface area contributed by atoms with Crippen molar-refractivity contribution in [2.24, 2.45) is 4.99 Å². The zero-order valence-electron chi connectivity index (χ0n) is 27.0. The Kier molecular flexibility index (Phi) is 5.69. The SMILES string of the molecule is c1ccc2c(c1)=NC(n1c3cc(-c4ccc5ccccc5c4)ccc3c3c4oc5ccccc5c4ccc31)NC=2c1ccc2ccccc2c1. The van der Waals surface area contributed by atoms with E-state index in [9.17, 15) is 0 Å². The summed E-state index contributed by atoms with van der Waals surface area (Å²) in [6.07, 6.45) is -0.403. The van der Waals surface area contributed by atoms with Gasteiger partial charge in [0, 0.05) is 21.4 Å². The average molecular weight is 640 g/mol. The maximum Gasteiger partial charge on any atom is 0.201 e. The molecule has 1 N–H and O–H groups in total. The summed E-state index contributed by atoms with van der Waals surface area (Å²) < 4.78 is 9.02. The summed E-state index contributed by atoms with van der Waals surface area (Å²) in [5.74, 6) is 0. The maximum absolute atomic E-state index is 6.66. The quantitative estimate of drug-likeness (QED) is 0.209. The van der Waals surface area contributed by atoms with Crippen molar-refractivity contribution in [2.75, 3.05) is 0 Å². The minimum atomic E-state index is -0.403. The molecule has 3 heterocycles. The van der Waals surface area contributed by atoms with Crippen LogP contribution in [-0.2, 0) is 0 Å². The molecule has 0 fully saturated rings. The van der Waals surface area contributed by atoms with Gasteiger partial charge in [0.15, 0.2) is 0 Å². The van der Waals surface area contributed by atoms with Crippen molar-refractivity contribution in [3.05, 3.63) is 180 Å². The van der Waals surface area contributed by atoms with Crippen LogP contribution in [0.5, 0.6) is 0 Å². The first kappa shape index (κ1) is 27.3. The fourth-order valence-corrected chi connectivity index (χ4v) is 8.00. The number of fused-ring (bicyclic) bond motifs is 10. The van der Waals surface area contributed by atoms with E-state index in [1.807, 2.05) is 6.07 Å². The summed E-state index contributed by atoms with van der Waals surface area (Å²) in [6, 6.07) is 58.5. The van der Waals surface area contributed by atoms with Crippen LogP contribution in [0.2, 0.25) is 0 Å². The number of benzene rings is 8. The van der Waals surface area contributed by atoms with Crippen LogP contribution in [0.1, 0.15) is 11.9 Å². The third kappa shape index (κ3) is 4.02. The molecule has 1 atom stereocenters. The van der Waals surface area contributed by atoms with Gasteiger partial charge >= 0.3 is 0 Å². The number of furan rings is 1. The van der Waals surface area contributed by atoms with Gasteiger partial charge in [-0.15, -0.1) is 0 Å². The van der Waals surface area contributed by atoms with Gasteiger partial charge < -0.3 is 14.3 Å². The highest BCUT2D eigenvalue weighted by Crippen LogP contribution is 2.42. The van der Waals surface area contributed by atoms with Crippen LogP contribution in [0, 0.1) is 0 Å². The van der Waals surface area contributed by atoms with E-state index < -0.39 is 6.29 Å². The second-order valence-electron chi connectivity index (χ2n) is 13.2. The summed E-state index contributed by atoms with van der Waals surface area (Å²) in [5.41, 5.74) is 8.50. The third-order valence-electron chi connectivity index (χ3n) is 10.4. The van der Waals surface area contributed by atoms with Crippen molar-refractivity contribution < 1.29 is 4.42 Å². The third-order valence-corrected chi connectivity index (χ3v) is 10.4. The molecule has 50 heavy (non-hydrogen) atoms. The first-order valence-electron chi connectivity index (χ1n) is 17.1. The Bertz CT molecular complexity index is 3150. The number of hydrogen-bond acceptors (Lipinski definition) is 3. The molecule has 2 aromatic heterocycles. The van der Waals surface area contributed by atoms with Gasteiger partial charge in [-0.2, -0.15) is 0 Å². The predicted molar refractivity (Wildman–Crippen MR) is 206 cm³/mol. The second kappa shape index (κ2) is 10.4. The van der Waals surface area contributed by atoms with E-state index in [1.54, 1.807) is 0 Å². The molecule has 0 radical (unpaired) electrons. The van der Waals surface area contributed by atoms with Crippen molar-refractivity contribution in [1.29, 1.82) is 0 Å². The Hall–Kier alpha value is -6.65. The van der Waals surface area contributed by atoms with Crippen molar-refractivity contribution in [3.8, 4) is 11.1 Å². The lowest BCUT2D eigenvalue weighted by Crippen LogP contribution is -2.41. The summed E-state index contributed by atoms with van der Waals surface area (Å²) >= 11 is 0. The number of hydrogen-bond donors (Lipinski definition) is 1. The van der Waals surface area contributed by atoms with Crippen LogP contribution >= 0.6 is 0 Å². The predicted octanol–water partition coefficient (Wildman–Crippen LogP) is 10.2. The van der Waals surface area contributed by atoms with E-state index in [0.29, 0.717) is 0 Å². The molecule has 11 rings (SSSR count). The van der Waals surface area contributed by atoms with Crippen LogP contribution in [0.15, 0.2) is 173 Å². The molecule has 0 saturated carbocycles. The number of nitrogens with one attached hydrogen (secondary N) is 1. The second-order valence-corrected chi connectivity index (χ2v) is 13.2. The molecule has 234 valence electrons. The number of para-hydroxylation sites is 2. The molecule has 1 aliphatic heterocycles. The van der Waals surface area contributed by atoms with E-state index >= 15 is 0 Å². The Labute approximate surface area is 286 Å². The molecule has 0 amide bonds. The van der Waals surface area contributed by atoms with Crippen molar-refractivity contribution >= 4 is 71.0 Å². The number of aromatic nitrogens is 1. The minimum absolute atomic E-state index is 0.403. The molecule has 0 spiro atoms. The molecule has 1 unspecified atom stereocenters. The van der Waals surface area contributed by atoms with Crippen molar-refractivity contribution in [1.82, 2.24) is 9.88 Å². The lowest BCUT2D eigenvalue weighted by atomic mass is 10.00. The Balaban J connectivity index is 1.19. The zero-order chi connectivity index (χ0) is 32.8. The van der Waals surface area contributed by atoms with Crippen LogP contribution in [0.3, 0.4) is 0 Å². The highest BCUT2D eigenvalue weighted by Gasteiger charge is 2.25. The number of nitrogens with zero attached hydrogens (tertiary/aromatic N) is 2. The first-order valence-corrected chi connectivity index (χ1v) is 17.1. The average Bonchev–Trinajstić information content (AvgIpc) is 3.72. The van der Waals surface area contributed by atoms with Crippen LogP contribution in [0.25, 0.3) is 82.1 Å². The lowest BCUT2D eigenvalue weighted by Gasteiger charge is -2.25. The van der Waals surface area contributed by atoms with E-state index in [0.717, 1.165) is 71.1 Å². The zero-order valence-corrected chi connectivity index (χ0v) is 27.0. The van der Waals surface area contributed by atoms with Gasteiger partial charge in [0.05, 0.1) is 27.5 Å². The van der Waals surface area contributed by atoms with Gasteiger partial charge in [-0.3, -0.25) is 0 Å². The molecule has 4 heteroatoms. The first-order chi connectivity index (χ1) is 24.8. The number of rotatable bonds is 3. The van der Waals surface area contributed by atoms with Crippen LogP contribution in [-0.4, -0.2) is 4.57 Å². The van der Waals surface area contributed by atoms with Crippen LogP contribution in [0.4, 0.5) is 0 Å². The standard InChI is InChI=1S/C46H29N3O/c1-3-11-30-25-32(19-17-28(30)9-1)33-21-22-38-41(27-33)49(40-24-23-36-35-13-6-8-16-42(35)50-45(36)43(38)40)46-47-39-15-7-5-14-37(39)44(48-46)34-20-18-29-10-2-4-12-31(29)26-34/h1-27,46,48H. The Morgan fingerprint density at radius 2 is 1.14 bits per heavy atom. The fraction of sp³-hybridized carbons (Fsp3) is 0.0217. The molecular formula is C46H29N3O. The van der Waals surface area contributed by atoms with Gasteiger partial charge in [0.2, 0.25) is 6.29 Å². The van der Waals surface area contributed by atoms with Crippen molar-refractivity contribution in [2.45, 2.75) is 6.29 Å². The minimum Gasteiger partial charge on any atom is -0.455 e. The molecular weight excluding hydrogens is 611 g/mol. The van der Waals surface area contributed by atoms with E-state index in [1.165, 1.54) is 27.1 Å². The van der Waals surface area contributed by atoms with E-state index in [4.69, 9.17) is 9.41 Å². The molecule has 1 aliphatic rings. The molecule has 0 bridgehead atoms. The normalized spacial score (nSPS) is 14.5. The highest BCUT2D eigenvalue weighted by molar-refractivity contribution is 6.23. The fourth-order valence-electron chi connectivity index (χ4n) is 8.00. The molecule has 0 aliphatic carbocycles. The van der Waals surface area contributed by atoms with Gasteiger partial charge in [0.25, 0.3) is 0 Å². The Morgan fingerprint density at radius 3 is 1.98 bits per heavy atom. The summed E-state index contributed by atoms with van der Waals surface area (Å²) in [6.45, 7) is 0. The molecule has 8 aromatic carbocycles. The topological polar surface area (TPSA) is 42.5 Å². The van der Waals surface area contributed by atoms with Crippen molar-refractivity contribution in [3.63, 3.8) is 0 Å². The summed E-state index contributed by atoms with van der Waals surface area (Å²) in [5, 5.41) is 15.3. The monoisotopic (exact) mass is 639 g/mol. The van der Waals surface area contributed by atoms with Gasteiger partial charge in [-0.25, -0.2) is 4.99 Å². The van der Waals surface area contributed by atoms with Gasteiger partial charge in [-0.05, 0) is 80.7 Å². The largest absolute Gasteiger partial charge is 0.455 e. The van der Waals surface area contributed by atoms with E-state index in [-0.39, 0.29) is 0 Å². The van der Waals surface area contributed by atoms with Gasteiger partial charge in [-0.1, -0.05) is 121 Å². The molecule has 4 nitrogen and oxygen atoms in total. The molecule has 10 aromatic rings. The maximum atomic E-state index is 6.66. The lowest BCUT2D eigenvalue weighted by molar-refractivity contribution is 0.490. The summed E-state index contributed by atoms with van der Waals surface area (Å²) in [4.78, 5) is 5.39. The summed E-state index contributed by atoms with van der Waals surface area (Å²) in [7, 11) is 0. The molecule has 0 saturated heterocycles. The van der Waals surface area contributed by atoms with Gasteiger partial charge in [0.1, 0.15) is 11.2 Å². The Morgan fingerprint density at radius 1 is 0.500 bits per heavy atom. The smallest absolute Gasteiger partial charge is 0.201 e.